The summed E-state index contributed by atoms with van der Waals surface area (Å²) in [5.74, 6) is 16.9. The normalized spacial score (nSPS) is 28.6. The number of oxime groups is 1. The van der Waals surface area contributed by atoms with Crippen molar-refractivity contribution in [3.05, 3.63) is 166 Å². The number of esters is 1. The minimum Gasteiger partial charge on any atom is -0.508 e. The minimum absolute atomic E-state index is 0. The topological polar surface area (TPSA) is 296 Å². The lowest BCUT2D eigenvalue weighted by Gasteiger charge is -2.53. The molecule has 0 spiro atoms. The van der Waals surface area contributed by atoms with Gasteiger partial charge >= 0.3 is 11.9 Å². The van der Waals surface area contributed by atoms with Gasteiger partial charge in [-0.05, 0) is 358 Å². The van der Waals surface area contributed by atoms with Gasteiger partial charge < -0.3 is 54.9 Å². The second-order valence-electron chi connectivity index (χ2n) is 38.0. The van der Waals surface area contributed by atoms with Crippen LogP contribution in [-0.4, -0.2) is 133 Å². The van der Waals surface area contributed by atoms with Crippen LogP contribution in [0.15, 0.2) is 126 Å². The summed E-state index contributed by atoms with van der Waals surface area (Å²) in [4.78, 5) is 63.4. The van der Waals surface area contributed by atoms with Crippen molar-refractivity contribution in [2.75, 3.05) is 72.7 Å². The number of carbonyl (C=O) groups is 5. The number of carboxylic acids is 1. The highest BCUT2D eigenvalue weighted by Crippen LogP contribution is 2.64. The lowest BCUT2D eigenvalue weighted by atomic mass is 9.51. The van der Waals surface area contributed by atoms with Gasteiger partial charge in [-0.3, -0.25) is 24.0 Å². The number of carbonyl (C=O) groups excluding carboxylic acids is 4. The van der Waals surface area contributed by atoms with Crippen molar-refractivity contribution < 1.29 is 73.2 Å². The van der Waals surface area contributed by atoms with Crippen molar-refractivity contribution in [2.24, 2.45) is 80.1 Å². The minimum atomic E-state index is -1.67. The number of phenolic OH excluding ortho intramolecular Hbond substituents is 3. The molecule has 12 aliphatic carbocycles. The Balaban J connectivity index is 0.000000168. The quantitative estimate of drug-likeness (QED) is 0.00990. The first-order valence-electron chi connectivity index (χ1n) is 45.6. The average Bonchev–Trinajstić information content (AvgIpc) is 1.37. The molecule has 27 heteroatoms. The van der Waals surface area contributed by atoms with Crippen molar-refractivity contribution in [2.45, 2.75) is 239 Å². The summed E-state index contributed by atoms with van der Waals surface area (Å²) in [5, 5.41) is 57.0. The fourth-order valence-electron chi connectivity index (χ4n) is 25.5. The van der Waals surface area contributed by atoms with Crippen molar-refractivity contribution in [1.82, 2.24) is 0 Å². The van der Waals surface area contributed by atoms with E-state index in [4.69, 9.17) is 75.1 Å². The number of rotatable bonds is 19. The number of fused-ring (bicyclic) bond motifs is 20. The van der Waals surface area contributed by atoms with Crippen LogP contribution in [0.4, 0.5) is 11.4 Å². The molecule has 128 heavy (non-hydrogen) atoms. The van der Waals surface area contributed by atoms with Crippen molar-refractivity contribution in [3.63, 3.8) is 0 Å². The number of alkyl halides is 4. The van der Waals surface area contributed by atoms with Crippen LogP contribution in [0.3, 0.4) is 0 Å². The van der Waals surface area contributed by atoms with E-state index in [1.807, 2.05) is 91.0 Å². The predicted octanol–water partition coefficient (Wildman–Crippen LogP) is 23.5. The number of nitrogens with two attached hydrogens (primary N) is 1. The lowest BCUT2D eigenvalue weighted by Crippen LogP contribution is -2.46. The molecular weight excluding hydrogens is 1790 g/mol. The van der Waals surface area contributed by atoms with Crippen LogP contribution < -0.4 is 29.9 Å². The molecule has 6 aromatic rings. The molecule has 0 radical (unpaired) electrons. The molecule has 0 amide bonds. The Bertz CT molecular complexity index is 4760. The van der Waals surface area contributed by atoms with Gasteiger partial charge in [-0.25, -0.2) is 10.1 Å². The van der Waals surface area contributed by atoms with Crippen molar-refractivity contribution in [3.8, 4) is 34.5 Å². The Morgan fingerprint density at radius 1 is 0.453 bits per heavy atom. The van der Waals surface area contributed by atoms with Gasteiger partial charge in [0.05, 0.1) is 31.8 Å². The maximum atomic E-state index is 12.5. The molecular formula is C101H133Cl7N4O15S. The molecule has 19 nitrogen and oxygen atoms in total. The first-order valence-corrected chi connectivity index (χ1v) is 50.5. The number of carboxylic acid groups (broad SMARTS) is 1. The van der Waals surface area contributed by atoms with Crippen molar-refractivity contribution >= 4 is 136 Å². The first kappa shape index (κ1) is 104. The Morgan fingerprint density at radius 3 is 1.18 bits per heavy atom. The molecule has 0 bridgehead atoms. The van der Waals surface area contributed by atoms with E-state index in [9.17, 15) is 44.5 Å². The predicted molar refractivity (Wildman–Crippen MR) is 516 cm³/mol. The van der Waals surface area contributed by atoms with E-state index in [1.165, 1.54) is 89.5 Å². The second-order valence-corrected chi connectivity index (χ2v) is 42.0. The summed E-state index contributed by atoms with van der Waals surface area (Å²) in [7, 11) is 7.36. The number of ether oxygens (including phenoxy) is 3. The molecule has 8 fully saturated rings. The van der Waals surface area contributed by atoms with Gasteiger partial charge in [0.2, 0.25) is 9.23 Å². The average molecular weight is 1920 g/mol. The summed E-state index contributed by atoms with van der Waals surface area (Å²) in [6.07, 6.45) is 27.7. The molecule has 702 valence electrons. The van der Waals surface area contributed by atoms with Crippen LogP contribution in [0.25, 0.3) is 0 Å². The van der Waals surface area contributed by atoms with Gasteiger partial charge in [-0.15, -0.1) is 58.8 Å². The molecule has 0 unspecified atom stereocenters. The standard InChI is InChI=1S/C32H39Cl2NO4.C19H24O2.C18H23NO2.C18H22O2.C13H17Cl2NO3.CH4.Cl2OS.ClH.H3NO/c1-32-14-12-28-27-10-8-26(20-22(27)2-9-29(28)30(32)11-5-24(36)21-32)39-31(37)13-19-38-25-6-3-23(4-7-25)35(17-15-33)18-16-34;1-19-9-8-16-15-6-3-13(20)10-12(15)2-5-17(16)18(19)7-4-14(21)11-19;1-18-9-8-14-13-5-3-12(20)10-11(13)2-4-15(14)16(18)6-7-17(18)19-21;1-18-9-8-14-13-5-3-12(19)10-11(13)2-4-15(14)16(18)6-7-17(18)20;14-6-8-16(9-7-15)11-1-3-12(4-2-11)19-10-5-13(17)18;;1-4(2)3;;1-2/h3-4,6-8,10,20,28-30H,2,5,9,11-19,21H2,1H3;3,6,10,16-18,20H,2,4-5,7-9,11H2,1H3;3,5,10,14-16,20-21H,2,4,6-9H2,1H3;3,5,10,14-16,19H,2,4,6-9H2,1H3;1-4H,5-10H2,(H,17,18);1H4;;1H;2H,1H2/b;;19-17+;;;;;;/t28-,29-,30+,32-;16-,17-,18+,19-;2*14-,15-,16+,18+;;;;;/m1111...../s1. The summed E-state index contributed by atoms with van der Waals surface area (Å²) < 4.78 is 25.9. The van der Waals surface area contributed by atoms with E-state index in [-0.39, 0.29) is 73.5 Å². The Labute approximate surface area is 794 Å². The fourth-order valence-corrected chi connectivity index (χ4v) is 26.3. The van der Waals surface area contributed by atoms with E-state index < -0.39 is 15.2 Å². The van der Waals surface area contributed by atoms with Crippen LogP contribution in [0.5, 0.6) is 34.5 Å². The van der Waals surface area contributed by atoms with E-state index in [1.54, 1.807) is 0 Å². The summed E-state index contributed by atoms with van der Waals surface area (Å²) >= 11 is 23.3. The summed E-state index contributed by atoms with van der Waals surface area (Å²) in [6, 6.07) is 39.2. The first-order chi connectivity index (χ1) is 60.6. The summed E-state index contributed by atoms with van der Waals surface area (Å²) in [5.41, 5.74) is 14.8. The third kappa shape index (κ3) is 24.5. The van der Waals surface area contributed by atoms with Crippen LogP contribution in [0, 0.1) is 69.0 Å². The smallest absolute Gasteiger partial charge is 0.314 e. The van der Waals surface area contributed by atoms with Gasteiger partial charge in [0.25, 0.3) is 0 Å². The number of benzene rings is 6. The highest BCUT2D eigenvalue weighted by molar-refractivity contribution is 8.26. The molecule has 0 heterocycles. The van der Waals surface area contributed by atoms with Crippen LogP contribution in [0.1, 0.15) is 257 Å². The highest BCUT2D eigenvalue weighted by Gasteiger charge is 2.57. The van der Waals surface area contributed by atoms with Gasteiger partial charge in [-0.1, -0.05) is 64.5 Å². The Hall–Kier alpha value is -6.56. The maximum Gasteiger partial charge on any atom is 0.314 e. The van der Waals surface area contributed by atoms with Crippen LogP contribution >= 0.6 is 80.2 Å². The second kappa shape index (κ2) is 47.4. The highest BCUT2D eigenvalue weighted by atomic mass is 36.0. The van der Waals surface area contributed by atoms with E-state index >= 15 is 0 Å². The number of hydrogen-bond donors (Lipinski definition) is 7. The van der Waals surface area contributed by atoms with E-state index in [0.717, 1.165) is 177 Å². The number of ketones is 3. The molecule has 8 saturated carbocycles. The number of Topliss-reactive ketones (excluding diaryl/α,β-unsaturated/α-hetero) is 3. The maximum absolute atomic E-state index is 12.5. The number of aryl methyl sites for hydroxylation is 4. The van der Waals surface area contributed by atoms with Gasteiger partial charge in [-0.2, -0.15) is 0 Å². The number of hydrogen-bond acceptors (Lipinski definition) is 18. The van der Waals surface area contributed by atoms with Crippen molar-refractivity contribution in [1.29, 1.82) is 0 Å². The summed E-state index contributed by atoms with van der Waals surface area (Å²) in [6.45, 7) is 12.6. The van der Waals surface area contributed by atoms with E-state index in [2.05, 4.69) is 100 Å². The lowest BCUT2D eigenvalue weighted by molar-refractivity contribution is -0.138. The monoisotopic (exact) mass is 1920 g/mol. The zero-order valence-electron chi connectivity index (χ0n) is 73.7. The van der Waals surface area contributed by atoms with Crippen LogP contribution in [-0.2, 0) is 58.9 Å². The number of anilines is 2. The third-order valence-electron chi connectivity index (χ3n) is 31.3. The molecule has 8 N–H and O–H groups in total. The molecule has 16 atom stereocenters. The molecule has 0 saturated heterocycles. The molecule has 0 aliphatic heterocycles. The molecule has 0 aromatic heterocycles. The van der Waals surface area contributed by atoms with Gasteiger partial charge in [0.1, 0.15) is 51.8 Å². The zero-order valence-corrected chi connectivity index (χ0v) is 79.9. The number of aliphatic carboxylic acids is 1. The number of aromatic hydroxyl groups is 3. The fraction of sp³-hybridized carbons (Fsp3) is 0.584. The molecule has 12 aliphatic rings. The number of nitrogens with zero attached hydrogens (tertiary/aromatic N) is 3. The Morgan fingerprint density at radius 2 is 0.789 bits per heavy atom. The zero-order chi connectivity index (χ0) is 90.2. The van der Waals surface area contributed by atoms with Crippen LogP contribution in [0.2, 0.25) is 0 Å². The largest absolute Gasteiger partial charge is 0.508 e. The third-order valence-corrected chi connectivity index (χ3v) is 32.0. The van der Waals surface area contributed by atoms with Gasteiger partial charge in [0, 0.05) is 125 Å². The van der Waals surface area contributed by atoms with Gasteiger partial charge in [0.15, 0.2) is 0 Å². The molecule has 18 rings (SSSR count). The SMILES string of the molecule is C.C[C@]12CC[C@@H]3c4ccc(O)cc4CC[C@H]3[C@@H]1CC/C2=N\O.C[C@]12CC[C@@H]3c4ccc(O)cc4CC[C@H]3[C@@H]1CCC(=O)C2.C[C@]12CC[C@@H]3c4ccc(O)cc4CC[C@H]3[C@@H]1CCC2=O.C[C@]12CC[C@@H]3c4ccc(OC(=O)CCOc5ccc(N(CCCl)CCCl)cc5)cc4CC[C@H]3[C@@H]1CCC(=O)C2.Cl.NO.O=C(O)CCOc1ccc(N(CCCl)CCCl)cc1.O=S(Cl)Cl. The number of phenols is 3. The Kier molecular flexibility index (Phi) is 38.3. The molecule has 6 aromatic carbocycles. The van der Waals surface area contributed by atoms with E-state index in [0.29, 0.717) is 135 Å². The number of halogens is 7.